The summed E-state index contributed by atoms with van der Waals surface area (Å²) >= 11 is 0. The zero-order valence-electron chi connectivity index (χ0n) is 9.80. The van der Waals surface area contributed by atoms with Crippen molar-refractivity contribution in [1.82, 2.24) is 5.32 Å². The lowest BCUT2D eigenvalue weighted by molar-refractivity contribution is -0.121. The van der Waals surface area contributed by atoms with Crippen LogP contribution < -0.4 is 5.32 Å². The molecule has 86 valence electrons. The van der Waals surface area contributed by atoms with Gasteiger partial charge in [0.25, 0.3) is 0 Å². The third kappa shape index (κ3) is 7.18. The van der Waals surface area contributed by atoms with Crippen molar-refractivity contribution in [3.05, 3.63) is 12.2 Å². The van der Waals surface area contributed by atoms with E-state index in [4.69, 9.17) is 0 Å². The first-order valence-corrected chi connectivity index (χ1v) is 6.27. The lowest BCUT2D eigenvalue weighted by Gasteiger charge is -1.99. The molecule has 1 rings (SSSR count). The summed E-state index contributed by atoms with van der Waals surface area (Å²) < 4.78 is 0. The van der Waals surface area contributed by atoms with Crippen molar-refractivity contribution in [3.8, 4) is 0 Å². The normalized spacial score (nSPS) is 15.8. The Kier molecular flexibility index (Phi) is 6.14. The molecule has 0 atom stereocenters. The molecule has 0 aliphatic heterocycles. The van der Waals surface area contributed by atoms with Gasteiger partial charge in [0.2, 0.25) is 5.91 Å². The number of allylic oxidation sites excluding steroid dienone is 2. The van der Waals surface area contributed by atoms with E-state index >= 15 is 0 Å². The molecular formula is C13H23NO. The zero-order chi connectivity index (χ0) is 10.9. The Morgan fingerprint density at radius 2 is 2.00 bits per heavy atom. The summed E-state index contributed by atoms with van der Waals surface area (Å²) in [6, 6.07) is 0.506. The van der Waals surface area contributed by atoms with Crippen LogP contribution in [0.1, 0.15) is 58.3 Å². The van der Waals surface area contributed by atoms with E-state index < -0.39 is 0 Å². The molecule has 0 unspecified atom stereocenters. The minimum atomic E-state index is 0.218. The first kappa shape index (κ1) is 12.3. The van der Waals surface area contributed by atoms with Gasteiger partial charge in [-0.05, 0) is 32.1 Å². The number of unbranched alkanes of at least 4 members (excludes halogenated alkanes) is 3. The minimum absolute atomic E-state index is 0.218. The van der Waals surface area contributed by atoms with E-state index in [1.165, 1.54) is 32.1 Å². The van der Waals surface area contributed by atoms with Gasteiger partial charge >= 0.3 is 0 Å². The second-order valence-electron chi connectivity index (χ2n) is 4.35. The van der Waals surface area contributed by atoms with E-state index in [1.807, 2.05) is 0 Å². The predicted molar refractivity (Wildman–Crippen MR) is 63.7 cm³/mol. The van der Waals surface area contributed by atoms with Crippen LogP contribution in [-0.4, -0.2) is 11.9 Å². The van der Waals surface area contributed by atoms with Crippen molar-refractivity contribution in [2.24, 2.45) is 0 Å². The molecule has 0 bridgehead atoms. The average Bonchev–Trinajstić information content (AvgIpc) is 3.00. The highest BCUT2D eigenvalue weighted by molar-refractivity contribution is 5.76. The van der Waals surface area contributed by atoms with Gasteiger partial charge in [-0.15, -0.1) is 0 Å². The first-order valence-electron chi connectivity index (χ1n) is 6.27. The Morgan fingerprint density at radius 1 is 1.27 bits per heavy atom. The summed E-state index contributed by atoms with van der Waals surface area (Å²) in [4.78, 5) is 11.3. The van der Waals surface area contributed by atoms with E-state index in [0.29, 0.717) is 12.5 Å². The van der Waals surface area contributed by atoms with Crippen LogP contribution >= 0.6 is 0 Å². The van der Waals surface area contributed by atoms with Crippen molar-refractivity contribution < 1.29 is 4.79 Å². The molecule has 1 fully saturated rings. The van der Waals surface area contributed by atoms with Crippen molar-refractivity contribution in [2.75, 3.05) is 0 Å². The van der Waals surface area contributed by atoms with E-state index in [2.05, 4.69) is 24.4 Å². The molecule has 1 aliphatic rings. The highest BCUT2D eigenvalue weighted by Gasteiger charge is 2.22. The summed E-state index contributed by atoms with van der Waals surface area (Å²) in [5.74, 6) is 0.218. The van der Waals surface area contributed by atoms with Crippen LogP contribution in [0.4, 0.5) is 0 Å². The van der Waals surface area contributed by atoms with Gasteiger partial charge in [-0.1, -0.05) is 31.9 Å². The lowest BCUT2D eigenvalue weighted by atomic mass is 10.2. The Labute approximate surface area is 93.1 Å². The number of rotatable bonds is 8. The molecule has 1 amide bonds. The largest absolute Gasteiger partial charge is 0.353 e. The van der Waals surface area contributed by atoms with Gasteiger partial charge in [0, 0.05) is 12.5 Å². The highest BCUT2D eigenvalue weighted by Crippen LogP contribution is 2.18. The maximum atomic E-state index is 11.3. The second kappa shape index (κ2) is 7.49. The van der Waals surface area contributed by atoms with Crippen LogP contribution in [0.5, 0.6) is 0 Å². The molecule has 15 heavy (non-hydrogen) atoms. The van der Waals surface area contributed by atoms with Crippen molar-refractivity contribution in [1.29, 1.82) is 0 Å². The molecule has 0 saturated heterocycles. The van der Waals surface area contributed by atoms with Crippen molar-refractivity contribution in [3.63, 3.8) is 0 Å². The predicted octanol–water partition coefficient (Wildman–Crippen LogP) is 3.18. The van der Waals surface area contributed by atoms with Crippen molar-refractivity contribution >= 4 is 5.91 Å². The van der Waals surface area contributed by atoms with Gasteiger partial charge in [0.1, 0.15) is 0 Å². The van der Waals surface area contributed by atoms with Crippen LogP contribution in [0.3, 0.4) is 0 Å². The van der Waals surface area contributed by atoms with Crippen LogP contribution in [0.15, 0.2) is 12.2 Å². The molecule has 1 saturated carbocycles. The molecule has 0 aromatic carbocycles. The number of amides is 1. The van der Waals surface area contributed by atoms with Gasteiger partial charge in [-0.3, -0.25) is 4.79 Å². The molecule has 0 radical (unpaired) electrons. The van der Waals surface area contributed by atoms with E-state index in [-0.39, 0.29) is 5.91 Å². The fraction of sp³-hybridized carbons (Fsp3) is 0.769. The van der Waals surface area contributed by atoms with Crippen LogP contribution in [0.2, 0.25) is 0 Å². The first-order chi connectivity index (χ1) is 7.33. The Balaban J connectivity index is 1.87. The molecule has 0 aromatic rings. The number of carbonyl (C=O) groups is 1. The Morgan fingerprint density at radius 3 is 2.67 bits per heavy atom. The SMILES string of the molecule is CCCCCC=CCCC(=O)NC1CC1. The smallest absolute Gasteiger partial charge is 0.220 e. The summed E-state index contributed by atoms with van der Waals surface area (Å²) in [5, 5.41) is 2.99. The van der Waals surface area contributed by atoms with Crippen molar-refractivity contribution in [2.45, 2.75) is 64.3 Å². The van der Waals surface area contributed by atoms with Gasteiger partial charge < -0.3 is 5.32 Å². The average molecular weight is 209 g/mol. The molecule has 1 aliphatic carbocycles. The topological polar surface area (TPSA) is 29.1 Å². The van der Waals surface area contributed by atoms with Crippen LogP contribution in [0, 0.1) is 0 Å². The zero-order valence-corrected chi connectivity index (χ0v) is 9.80. The number of carbonyl (C=O) groups excluding carboxylic acids is 1. The quantitative estimate of drug-likeness (QED) is 0.483. The summed E-state index contributed by atoms with van der Waals surface area (Å²) in [6.45, 7) is 2.21. The highest BCUT2D eigenvalue weighted by atomic mass is 16.1. The molecular weight excluding hydrogens is 186 g/mol. The van der Waals surface area contributed by atoms with Crippen LogP contribution in [0.25, 0.3) is 0 Å². The fourth-order valence-corrected chi connectivity index (χ4v) is 1.49. The molecule has 2 heteroatoms. The number of hydrogen-bond acceptors (Lipinski definition) is 1. The maximum Gasteiger partial charge on any atom is 0.220 e. The van der Waals surface area contributed by atoms with Gasteiger partial charge in [-0.2, -0.15) is 0 Å². The standard InChI is InChI=1S/C13H23NO/c1-2-3-4-5-6-7-8-9-13(15)14-12-10-11-12/h6-7,12H,2-5,8-11H2,1H3,(H,14,15). The fourth-order valence-electron chi connectivity index (χ4n) is 1.49. The number of hydrogen-bond donors (Lipinski definition) is 1. The molecule has 2 nitrogen and oxygen atoms in total. The van der Waals surface area contributed by atoms with Gasteiger partial charge in [-0.25, -0.2) is 0 Å². The summed E-state index contributed by atoms with van der Waals surface area (Å²) in [7, 11) is 0. The second-order valence-corrected chi connectivity index (χ2v) is 4.35. The molecule has 0 heterocycles. The van der Waals surface area contributed by atoms with Gasteiger partial charge in [0.05, 0.1) is 0 Å². The van der Waals surface area contributed by atoms with E-state index in [0.717, 1.165) is 12.8 Å². The third-order valence-electron chi connectivity index (χ3n) is 2.62. The Bertz CT molecular complexity index is 207. The third-order valence-corrected chi connectivity index (χ3v) is 2.62. The minimum Gasteiger partial charge on any atom is -0.353 e. The monoisotopic (exact) mass is 209 g/mol. The van der Waals surface area contributed by atoms with Crippen LogP contribution in [-0.2, 0) is 4.79 Å². The summed E-state index contributed by atoms with van der Waals surface area (Å²) in [5.41, 5.74) is 0. The number of nitrogens with one attached hydrogen (secondary N) is 1. The Hall–Kier alpha value is -0.790. The molecule has 0 spiro atoms. The molecule has 1 N–H and O–H groups in total. The summed E-state index contributed by atoms with van der Waals surface area (Å²) in [6.07, 6.45) is 13.3. The maximum absolute atomic E-state index is 11.3. The van der Waals surface area contributed by atoms with E-state index in [1.54, 1.807) is 0 Å². The van der Waals surface area contributed by atoms with Gasteiger partial charge in [0.15, 0.2) is 0 Å². The lowest BCUT2D eigenvalue weighted by Crippen LogP contribution is -2.24. The van der Waals surface area contributed by atoms with E-state index in [9.17, 15) is 4.79 Å². The molecule has 0 aromatic heterocycles.